The summed E-state index contributed by atoms with van der Waals surface area (Å²) in [6, 6.07) is 6.85. The molecule has 0 saturated heterocycles. The van der Waals surface area contributed by atoms with Gasteiger partial charge in [-0.25, -0.2) is 0 Å². The molecule has 0 radical (unpaired) electrons. The van der Waals surface area contributed by atoms with Crippen LogP contribution in [0.4, 0.5) is 0 Å². The molecule has 2 heterocycles. The van der Waals surface area contributed by atoms with Gasteiger partial charge >= 0.3 is 203 Å². The zero-order valence-electron chi connectivity index (χ0n) is 20.4. The molecule has 3 aromatic rings. The number of fused-ring (bicyclic) bond motifs is 1. The molecule has 31 heavy (non-hydrogen) atoms. The molecule has 0 unspecified atom stereocenters. The summed E-state index contributed by atoms with van der Waals surface area (Å²) in [7, 11) is 0. The molecule has 0 spiro atoms. The second kappa shape index (κ2) is 12.0. The van der Waals surface area contributed by atoms with Crippen LogP contribution in [0, 0.1) is 6.92 Å². The summed E-state index contributed by atoms with van der Waals surface area (Å²) in [4.78, 5) is 9.56. The molecular weight excluding hydrogens is 483 g/mol. The molecule has 0 bridgehead atoms. The Morgan fingerprint density at radius 2 is 1.45 bits per heavy atom. The minimum absolute atomic E-state index is 0.406. The average Bonchev–Trinajstić information content (AvgIpc) is 2.78. The quantitative estimate of drug-likeness (QED) is 0.308. The van der Waals surface area contributed by atoms with Crippen LogP contribution >= 0.6 is 0 Å². The topological polar surface area (TPSA) is 25.8 Å². The average molecular weight is 523 g/mol. The Bertz CT molecular complexity index is 995. The zero-order valence-corrected chi connectivity index (χ0v) is 26.1. The molecule has 3 heteroatoms. The van der Waals surface area contributed by atoms with Crippen LogP contribution in [0.2, 0.25) is 0 Å². The fourth-order valence-corrected chi connectivity index (χ4v) is 6.77. The summed E-state index contributed by atoms with van der Waals surface area (Å²) in [5.74, 6) is 0. The third-order valence-electron chi connectivity index (χ3n) is 6.60. The first-order chi connectivity index (χ1) is 15.1. The molecule has 0 fully saturated rings. The van der Waals surface area contributed by atoms with E-state index in [1.165, 1.54) is 81.8 Å². The van der Waals surface area contributed by atoms with E-state index in [9.17, 15) is 0 Å². The molecule has 2 aromatic heterocycles. The SMILES string of the molecule is CCCCc1nc2[c]([SnH3])cc(Cc3ccncc3)c(CCCC)c2c(CCCC)c1C. The molecule has 0 atom stereocenters. The van der Waals surface area contributed by atoms with E-state index in [0.29, 0.717) is 22.5 Å². The van der Waals surface area contributed by atoms with Crippen molar-refractivity contribution in [1.29, 1.82) is 0 Å². The number of benzene rings is 1. The van der Waals surface area contributed by atoms with Crippen LogP contribution in [0.5, 0.6) is 0 Å². The Hall–Kier alpha value is -1.42. The molecule has 0 aliphatic heterocycles. The Kier molecular flexibility index (Phi) is 9.37. The van der Waals surface area contributed by atoms with Crippen molar-refractivity contribution in [1.82, 2.24) is 9.97 Å². The number of hydrogen-bond acceptors (Lipinski definition) is 2. The number of aromatic nitrogens is 2. The Morgan fingerprint density at radius 3 is 2.10 bits per heavy atom. The number of pyridine rings is 2. The van der Waals surface area contributed by atoms with Gasteiger partial charge in [0, 0.05) is 0 Å². The fourth-order valence-electron chi connectivity index (χ4n) is 4.74. The molecule has 0 aliphatic rings. The molecule has 0 aliphatic carbocycles. The standard InChI is InChI=1S/C28H37N2.Sn.3H/c1-5-8-11-24-21(4)26(13-10-7-3)30-27-15-14-23(20-22-16-18-29-19-17-22)25(28(24)27)12-9-6-2;;;;/h14,16-19H,5-13,20H2,1-4H3;;;;. The van der Waals surface area contributed by atoms with Crippen molar-refractivity contribution in [2.75, 3.05) is 0 Å². The Balaban J connectivity index is 2.25. The summed E-state index contributed by atoms with van der Waals surface area (Å²) in [5, 5.41) is 1.53. The van der Waals surface area contributed by atoms with Gasteiger partial charge in [0.1, 0.15) is 0 Å². The van der Waals surface area contributed by atoms with Gasteiger partial charge in [0.05, 0.1) is 0 Å². The zero-order chi connectivity index (χ0) is 22.2. The van der Waals surface area contributed by atoms with Crippen molar-refractivity contribution in [3.63, 3.8) is 0 Å². The Morgan fingerprint density at radius 1 is 0.839 bits per heavy atom. The van der Waals surface area contributed by atoms with E-state index in [2.05, 4.69) is 50.9 Å². The second-order valence-corrected chi connectivity index (χ2v) is 12.1. The van der Waals surface area contributed by atoms with Crippen LogP contribution < -0.4 is 3.58 Å². The number of rotatable bonds is 11. The second-order valence-electron chi connectivity index (χ2n) is 9.06. The van der Waals surface area contributed by atoms with Crippen LogP contribution in [-0.2, 0) is 25.7 Å². The van der Waals surface area contributed by atoms with Crippen molar-refractivity contribution in [3.8, 4) is 0 Å². The van der Waals surface area contributed by atoms with Gasteiger partial charge in [-0.3, -0.25) is 0 Å². The number of hydrogen-bond donors (Lipinski definition) is 0. The van der Waals surface area contributed by atoms with Crippen molar-refractivity contribution in [2.24, 2.45) is 0 Å². The van der Waals surface area contributed by atoms with E-state index in [1.807, 2.05) is 12.4 Å². The maximum atomic E-state index is 5.34. The van der Waals surface area contributed by atoms with Gasteiger partial charge in [0.25, 0.3) is 0 Å². The summed E-state index contributed by atoms with van der Waals surface area (Å²) in [5.41, 5.74) is 10.3. The van der Waals surface area contributed by atoms with Crippen LogP contribution in [0.25, 0.3) is 10.9 Å². The third kappa shape index (κ3) is 5.88. The van der Waals surface area contributed by atoms with Gasteiger partial charge in [-0.05, 0) is 0 Å². The van der Waals surface area contributed by atoms with E-state index in [4.69, 9.17) is 4.98 Å². The summed E-state index contributed by atoms with van der Waals surface area (Å²) >= 11 is 0.406. The predicted octanol–water partition coefficient (Wildman–Crippen LogP) is 5.55. The van der Waals surface area contributed by atoms with Gasteiger partial charge in [-0.15, -0.1) is 0 Å². The van der Waals surface area contributed by atoms with E-state index >= 15 is 0 Å². The monoisotopic (exact) mass is 524 g/mol. The number of nitrogens with zero attached hydrogens (tertiary/aromatic N) is 2. The van der Waals surface area contributed by atoms with Gasteiger partial charge in [-0.2, -0.15) is 0 Å². The summed E-state index contributed by atoms with van der Waals surface area (Å²) < 4.78 is 1.54. The minimum atomic E-state index is 0.406. The third-order valence-corrected chi connectivity index (χ3v) is 8.77. The first kappa shape index (κ1) is 24.2. The van der Waals surface area contributed by atoms with Crippen LogP contribution in [0.3, 0.4) is 0 Å². The molecule has 0 saturated carbocycles. The van der Waals surface area contributed by atoms with Gasteiger partial charge in [0.15, 0.2) is 0 Å². The summed E-state index contributed by atoms with van der Waals surface area (Å²) in [6.07, 6.45) is 15.8. The van der Waals surface area contributed by atoms with Crippen molar-refractivity contribution < 1.29 is 0 Å². The molecule has 3 rings (SSSR count). The molecule has 1 aromatic carbocycles. The first-order valence-corrected chi connectivity index (χ1v) is 15.3. The van der Waals surface area contributed by atoms with Crippen molar-refractivity contribution >= 4 is 37.0 Å². The van der Waals surface area contributed by atoms with E-state index in [1.54, 1.807) is 11.1 Å². The fraction of sp³-hybridized carbons (Fsp3) is 0.500. The van der Waals surface area contributed by atoms with Crippen molar-refractivity contribution in [2.45, 2.75) is 91.9 Å². The van der Waals surface area contributed by atoms with Crippen molar-refractivity contribution in [3.05, 3.63) is 64.1 Å². The maximum absolute atomic E-state index is 5.34. The van der Waals surface area contributed by atoms with E-state index < -0.39 is 0 Å². The van der Waals surface area contributed by atoms with Gasteiger partial charge in [-0.1, -0.05) is 0 Å². The summed E-state index contributed by atoms with van der Waals surface area (Å²) in [6.45, 7) is 9.25. The van der Waals surface area contributed by atoms with Crippen LogP contribution in [0.1, 0.15) is 92.8 Å². The van der Waals surface area contributed by atoms with E-state index in [-0.39, 0.29) is 0 Å². The van der Waals surface area contributed by atoms with Gasteiger partial charge < -0.3 is 0 Å². The molecule has 2 nitrogen and oxygen atoms in total. The van der Waals surface area contributed by atoms with Crippen LogP contribution in [-0.4, -0.2) is 32.5 Å². The molecular formula is C28H40N2Sn. The molecule has 166 valence electrons. The molecule has 0 amide bonds. The normalized spacial score (nSPS) is 11.5. The predicted molar refractivity (Wildman–Crippen MR) is 139 cm³/mol. The molecule has 0 N–H and O–H groups in total. The van der Waals surface area contributed by atoms with Gasteiger partial charge in [0.2, 0.25) is 0 Å². The van der Waals surface area contributed by atoms with Crippen LogP contribution in [0.15, 0.2) is 30.6 Å². The number of aryl methyl sites for hydroxylation is 3. The Labute approximate surface area is 202 Å². The first-order valence-electron chi connectivity index (χ1n) is 12.4. The number of unbranched alkanes of at least 4 members (excludes halogenated alkanes) is 3. The van der Waals surface area contributed by atoms with E-state index in [0.717, 1.165) is 19.3 Å².